The van der Waals surface area contributed by atoms with Gasteiger partial charge in [-0.2, -0.15) is 0 Å². The van der Waals surface area contributed by atoms with Crippen LogP contribution in [0.1, 0.15) is 37.8 Å². The smallest absolute Gasteiger partial charge is 0.325 e. The number of benzene rings is 1. The van der Waals surface area contributed by atoms with Gasteiger partial charge in [-0.1, -0.05) is 38.1 Å². The van der Waals surface area contributed by atoms with Gasteiger partial charge < -0.3 is 10.2 Å². The van der Waals surface area contributed by atoms with E-state index in [0.29, 0.717) is 19.4 Å². The first-order valence-electron chi connectivity index (χ1n) is 8.27. The highest BCUT2D eigenvalue weighted by atomic mass is 16.2. The molecular formula is C18H25N3O3. The van der Waals surface area contributed by atoms with Crippen molar-refractivity contribution in [2.75, 3.05) is 13.6 Å². The third-order valence-electron chi connectivity index (χ3n) is 4.84. The lowest BCUT2D eigenvalue weighted by molar-refractivity contribution is -0.138. The number of likely N-dealkylation sites (N-methyl/N-ethyl adjacent to an activating group) is 1. The molecule has 4 amide bonds. The van der Waals surface area contributed by atoms with Gasteiger partial charge in [0.1, 0.15) is 12.1 Å². The van der Waals surface area contributed by atoms with Gasteiger partial charge in [0, 0.05) is 13.6 Å². The Bertz CT molecular complexity index is 653. The van der Waals surface area contributed by atoms with Crippen molar-refractivity contribution >= 4 is 17.8 Å². The van der Waals surface area contributed by atoms with E-state index in [1.165, 1.54) is 0 Å². The zero-order valence-electron chi connectivity index (χ0n) is 14.8. The van der Waals surface area contributed by atoms with Gasteiger partial charge in [0.05, 0.1) is 0 Å². The molecule has 0 unspecified atom stereocenters. The first-order chi connectivity index (χ1) is 11.3. The molecule has 0 saturated carbocycles. The molecule has 1 aromatic carbocycles. The lowest BCUT2D eigenvalue weighted by Gasteiger charge is -2.24. The van der Waals surface area contributed by atoms with E-state index in [0.717, 1.165) is 16.0 Å². The second-order valence-electron chi connectivity index (χ2n) is 6.29. The van der Waals surface area contributed by atoms with Crippen molar-refractivity contribution < 1.29 is 14.4 Å². The molecule has 0 bridgehead atoms. The average Bonchev–Trinajstić information content (AvgIpc) is 2.81. The number of carbonyl (C=O) groups excluding carboxylic acids is 3. The van der Waals surface area contributed by atoms with Crippen LogP contribution >= 0.6 is 0 Å². The normalized spacial score (nSPS) is 16.2. The summed E-state index contributed by atoms with van der Waals surface area (Å²) in [5, 5.41) is 2.74. The standard InChI is InChI=1S/C18H25N3O3/c1-5-18(6-2)16(23)21(17(24)19-18)12-15(22)20(4)11-14-10-8-7-9-13(14)3/h7-10H,5-6,11-12H2,1-4H3,(H,19,24). The first kappa shape index (κ1) is 18.0. The Morgan fingerprint density at radius 2 is 1.83 bits per heavy atom. The van der Waals surface area contributed by atoms with Crippen LogP contribution in [0.4, 0.5) is 4.79 Å². The van der Waals surface area contributed by atoms with Crippen molar-refractivity contribution in [3.63, 3.8) is 0 Å². The molecule has 1 heterocycles. The average molecular weight is 331 g/mol. The second-order valence-corrected chi connectivity index (χ2v) is 6.29. The molecular weight excluding hydrogens is 306 g/mol. The van der Waals surface area contributed by atoms with E-state index in [-0.39, 0.29) is 18.4 Å². The Morgan fingerprint density at radius 1 is 1.21 bits per heavy atom. The number of aryl methyl sites for hydroxylation is 1. The van der Waals surface area contributed by atoms with E-state index in [4.69, 9.17) is 0 Å². The van der Waals surface area contributed by atoms with Gasteiger partial charge in [0.2, 0.25) is 5.91 Å². The Hall–Kier alpha value is -2.37. The Morgan fingerprint density at radius 3 is 2.38 bits per heavy atom. The SMILES string of the molecule is CCC1(CC)NC(=O)N(CC(=O)N(C)Cc2ccccc2C)C1=O. The molecule has 0 atom stereocenters. The summed E-state index contributed by atoms with van der Waals surface area (Å²) < 4.78 is 0. The topological polar surface area (TPSA) is 69.7 Å². The molecule has 1 fully saturated rings. The Kier molecular flexibility index (Phi) is 5.26. The van der Waals surface area contributed by atoms with Crippen LogP contribution < -0.4 is 5.32 Å². The quantitative estimate of drug-likeness (QED) is 0.811. The van der Waals surface area contributed by atoms with Crippen molar-refractivity contribution in [2.45, 2.75) is 45.7 Å². The molecule has 0 aliphatic carbocycles. The molecule has 0 spiro atoms. The lowest BCUT2D eigenvalue weighted by atomic mass is 9.93. The van der Waals surface area contributed by atoms with Gasteiger partial charge in [-0.05, 0) is 30.9 Å². The van der Waals surface area contributed by atoms with Crippen LogP contribution in [0.25, 0.3) is 0 Å². The molecule has 1 N–H and O–H groups in total. The van der Waals surface area contributed by atoms with Gasteiger partial charge in [-0.15, -0.1) is 0 Å². The van der Waals surface area contributed by atoms with E-state index in [9.17, 15) is 14.4 Å². The number of urea groups is 1. The number of rotatable bonds is 6. The van der Waals surface area contributed by atoms with Gasteiger partial charge in [-0.25, -0.2) is 4.79 Å². The Labute approximate surface area is 142 Å². The molecule has 1 aromatic rings. The minimum absolute atomic E-state index is 0.227. The van der Waals surface area contributed by atoms with Crippen LogP contribution in [-0.2, 0) is 16.1 Å². The van der Waals surface area contributed by atoms with Crippen LogP contribution in [0.2, 0.25) is 0 Å². The van der Waals surface area contributed by atoms with E-state index in [2.05, 4.69) is 5.32 Å². The fourth-order valence-electron chi connectivity index (χ4n) is 2.94. The second kappa shape index (κ2) is 7.03. The van der Waals surface area contributed by atoms with Crippen LogP contribution in [0.5, 0.6) is 0 Å². The zero-order valence-corrected chi connectivity index (χ0v) is 14.8. The third-order valence-corrected chi connectivity index (χ3v) is 4.84. The van der Waals surface area contributed by atoms with Crippen molar-refractivity contribution in [1.29, 1.82) is 0 Å². The molecule has 130 valence electrons. The van der Waals surface area contributed by atoms with E-state index >= 15 is 0 Å². The Balaban J connectivity index is 2.05. The summed E-state index contributed by atoms with van der Waals surface area (Å²) in [7, 11) is 1.68. The summed E-state index contributed by atoms with van der Waals surface area (Å²) >= 11 is 0. The number of nitrogens with one attached hydrogen (secondary N) is 1. The molecule has 1 aliphatic rings. The van der Waals surface area contributed by atoms with Gasteiger partial charge in [0.25, 0.3) is 5.91 Å². The fraction of sp³-hybridized carbons (Fsp3) is 0.500. The van der Waals surface area contributed by atoms with Crippen molar-refractivity contribution in [3.05, 3.63) is 35.4 Å². The maximum atomic E-state index is 12.5. The predicted molar refractivity (Wildman–Crippen MR) is 91.2 cm³/mol. The highest BCUT2D eigenvalue weighted by Crippen LogP contribution is 2.24. The summed E-state index contributed by atoms with van der Waals surface area (Å²) in [4.78, 5) is 39.7. The molecule has 2 rings (SSSR count). The number of imide groups is 1. The van der Waals surface area contributed by atoms with Crippen molar-refractivity contribution in [2.24, 2.45) is 0 Å². The molecule has 6 nitrogen and oxygen atoms in total. The fourth-order valence-corrected chi connectivity index (χ4v) is 2.94. The maximum absolute atomic E-state index is 12.5. The van der Waals surface area contributed by atoms with Crippen LogP contribution in [-0.4, -0.2) is 46.8 Å². The summed E-state index contributed by atoms with van der Waals surface area (Å²) in [5.74, 6) is -0.570. The van der Waals surface area contributed by atoms with Crippen LogP contribution in [0.3, 0.4) is 0 Å². The minimum atomic E-state index is -0.869. The van der Waals surface area contributed by atoms with E-state index in [1.54, 1.807) is 11.9 Å². The monoisotopic (exact) mass is 331 g/mol. The first-order valence-corrected chi connectivity index (χ1v) is 8.27. The number of amides is 4. The number of hydrogen-bond donors (Lipinski definition) is 1. The summed E-state index contributed by atoms with van der Waals surface area (Å²) in [6.07, 6.45) is 1.02. The number of nitrogens with zero attached hydrogens (tertiary/aromatic N) is 2. The largest absolute Gasteiger partial charge is 0.340 e. The predicted octanol–water partition coefficient (Wildman–Crippen LogP) is 2.06. The van der Waals surface area contributed by atoms with Gasteiger partial charge in [-0.3, -0.25) is 14.5 Å². The van der Waals surface area contributed by atoms with E-state index < -0.39 is 11.6 Å². The van der Waals surface area contributed by atoms with E-state index in [1.807, 2.05) is 45.0 Å². The van der Waals surface area contributed by atoms with Crippen LogP contribution in [0, 0.1) is 6.92 Å². The molecule has 24 heavy (non-hydrogen) atoms. The highest BCUT2D eigenvalue weighted by Gasteiger charge is 2.49. The summed E-state index contributed by atoms with van der Waals surface area (Å²) in [6, 6.07) is 7.34. The van der Waals surface area contributed by atoms with Gasteiger partial charge in [0.15, 0.2) is 0 Å². The molecule has 1 aliphatic heterocycles. The lowest BCUT2D eigenvalue weighted by Crippen LogP contribution is -2.46. The number of carbonyl (C=O) groups is 3. The maximum Gasteiger partial charge on any atom is 0.325 e. The van der Waals surface area contributed by atoms with Crippen LogP contribution in [0.15, 0.2) is 24.3 Å². The number of hydrogen-bond acceptors (Lipinski definition) is 3. The molecule has 6 heteroatoms. The minimum Gasteiger partial charge on any atom is -0.340 e. The zero-order chi connectivity index (χ0) is 17.9. The van der Waals surface area contributed by atoms with Crippen molar-refractivity contribution in [3.8, 4) is 0 Å². The van der Waals surface area contributed by atoms with Crippen molar-refractivity contribution in [1.82, 2.24) is 15.1 Å². The molecule has 0 aromatic heterocycles. The third kappa shape index (κ3) is 3.27. The highest BCUT2D eigenvalue weighted by molar-refractivity contribution is 6.08. The molecule has 1 saturated heterocycles. The van der Waals surface area contributed by atoms with Gasteiger partial charge >= 0.3 is 6.03 Å². The summed E-state index contributed by atoms with van der Waals surface area (Å²) in [6.45, 7) is 5.92. The molecule has 0 radical (unpaired) electrons. The summed E-state index contributed by atoms with van der Waals surface area (Å²) in [5.41, 5.74) is 1.27.